The molecular formula is C24H22N6O3. The summed E-state index contributed by atoms with van der Waals surface area (Å²) in [4.78, 5) is 48.5. The van der Waals surface area contributed by atoms with Gasteiger partial charge in [0.1, 0.15) is 11.7 Å². The van der Waals surface area contributed by atoms with Crippen molar-refractivity contribution in [2.75, 3.05) is 11.9 Å². The van der Waals surface area contributed by atoms with Gasteiger partial charge in [0.2, 0.25) is 5.91 Å². The first-order valence-corrected chi connectivity index (χ1v) is 10.7. The van der Waals surface area contributed by atoms with Crippen molar-refractivity contribution in [2.24, 2.45) is 5.73 Å². The summed E-state index contributed by atoms with van der Waals surface area (Å²) in [6.07, 6.45) is 4.72. The van der Waals surface area contributed by atoms with Gasteiger partial charge in [0.25, 0.3) is 11.8 Å². The van der Waals surface area contributed by atoms with Crippen LogP contribution >= 0.6 is 0 Å². The predicted molar refractivity (Wildman–Crippen MR) is 121 cm³/mol. The number of rotatable bonds is 4. The number of amides is 3. The van der Waals surface area contributed by atoms with Crippen molar-refractivity contribution in [3.63, 3.8) is 0 Å². The van der Waals surface area contributed by atoms with Gasteiger partial charge in [-0.1, -0.05) is 24.3 Å². The van der Waals surface area contributed by atoms with Crippen LogP contribution in [0.25, 0.3) is 11.1 Å². The Balaban J connectivity index is 1.43. The Morgan fingerprint density at radius 2 is 2.00 bits per heavy atom. The fraction of sp³-hybridized carbons (Fsp3) is 0.208. The van der Waals surface area contributed by atoms with Crippen molar-refractivity contribution in [3.05, 3.63) is 77.9 Å². The van der Waals surface area contributed by atoms with Gasteiger partial charge in [0.05, 0.1) is 23.5 Å². The van der Waals surface area contributed by atoms with Crippen LogP contribution in [0.2, 0.25) is 0 Å². The first kappa shape index (κ1) is 20.8. The number of anilines is 1. The van der Waals surface area contributed by atoms with E-state index in [0.29, 0.717) is 30.8 Å². The monoisotopic (exact) mass is 442 g/mol. The molecule has 3 aromatic rings. The van der Waals surface area contributed by atoms with Gasteiger partial charge in [-0.15, -0.1) is 0 Å². The number of hydrogen-bond acceptors (Lipinski definition) is 6. The molecular weight excluding hydrogens is 420 g/mol. The minimum absolute atomic E-state index is 0.156. The van der Waals surface area contributed by atoms with Crippen LogP contribution in [0.4, 0.5) is 5.69 Å². The van der Waals surface area contributed by atoms with Crippen LogP contribution < -0.4 is 16.4 Å². The minimum atomic E-state index is -0.811. The predicted octanol–water partition coefficient (Wildman–Crippen LogP) is 1.57. The highest BCUT2D eigenvalue weighted by Gasteiger charge is 2.45. The number of fused-ring (bicyclic) bond motifs is 2. The van der Waals surface area contributed by atoms with E-state index < -0.39 is 18.0 Å². The number of nitrogens with two attached hydrogens (primary N) is 1. The highest BCUT2D eigenvalue weighted by molar-refractivity contribution is 6.11. The molecule has 0 spiro atoms. The number of carbonyl (C=O) groups excluding carboxylic acids is 3. The van der Waals surface area contributed by atoms with Crippen LogP contribution in [0.1, 0.15) is 32.8 Å². The first-order valence-electron chi connectivity index (χ1n) is 10.7. The van der Waals surface area contributed by atoms with Crippen molar-refractivity contribution in [1.82, 2.24) is 20.2 Å². The Labute approximate surface area is 190 Å². The molecule has 9 nitrogen and oxygen atoms in total. The molecule has 1 aromatic heterocycles. The first-order chi connectivity index (χ1) is 16.0. The Morgan fingerprint density at radius 3 is 2.79 bits per heavy atom. The molecule has 3 amide bonds. The van der Waals surface area contributed by atoms with Crippen LogP contribution in [-0.2, 0) is 11.3 Å². The summed E-state index contributed by atoms with van der Waals surface area (Å²) < 4.78 is 0. The Bertz CT molecular complexity index is 1250. The second-order valence-corrected chi connectivity index (χ2v) is 8.06. The van der Waals surface area contributed by atoms with Crippen LogP contribution in [-0.4, -0.2) is 51.2 Å². The molecule has 0 radical (unpaired) electrons. The summed E-state index contributed by atoms with van der Waals surface area (Å²) in [6.45, 7) is 0.777. The van der Waals surface area contributed by atoms with E-state index in [4.69, 9.17) is 5.73 Å². The van der Waals surface area contributed by atoms with Gasteiger partial charge in [0, 0.05) is 25.5 Å². The van der Waals surface area contributed by atoms with E-state index in [9.17, 15) is 14.4 Å². The van der Waals surface area contributed by atoms with Crippen molar-refractivity contribution in [1.29, 1.82) is 0 Å². The van der Waals surface area contributed by atoms with Gasteiger partial charge < -0.3 is 21.3 Å². The number of hydrogen-bond donors (Lipinski definition) is 3. The molecule has 2 aliphatic heterocycles. The quantitative estimate of drug-likeness (QED) is 0.562. The number of aromatic nitrogens is 2. The molecule has 2 aromatic carbocycles. The van der Waals surface area contributed by atoms with E-state index in [0.717, 1.165) is 16.7 Å². The fourth-order valence-corrected chi connectivity index (χ4v) is 4.40. The summed E-state index contributed by atoms with van der Waals surface area (Å²) >= 11 is 0. The molecule has 0 saturated carbocycles. The SMILES string of the molecule is NCc1cccc(-c2ccc3c(c2)C(=O)N2CCC(NC(=O)c4cnccn4)C2C(=O)N3)c1. The van der Waals surface area contributed by atoms with Gasteiger partial charge in [-0.2, -0.15) is 0 Å². The molecule has 9 heteroatoms. The van der Waals surface area contributed by atoms with Crippen molar-refractivity contribution < 1.29 is 14.4 Å². The Hall–Kier alpha value is -4.11. The zero-order valence-corrected chi connectivity index (χ0v) is 17.7. The van der Waals surface area contributed by atoms with E-state index in [-0.39, 0.29) is 17.5 Å². The molecule has 0 bridgehead atoms. The molecule has 2 aliphatic rings. The van der Waals surface area contributed by atoms with Crippen LogP contribution in [0, 0.1) is 0 Å². The smallest absolute Gasteiger partial charge is 0.271 e. The molecule has 4 N–H and O–H groups in total. The number of benzene rings is 2. The Kier molecular flexibility index (Phi) is 5.31. The molecule has 1 fully saturated rings. The zero-order valence-electron chi connectivity index (χ0n) is 17.7. The second-order valence-electron chi connectivity index (χ2n) is 8.06. The van der Waals surface area contributed by atoms with Crippen LogP contribution in [0.15, 0.2) is 61.1 Å². The summed E-state index contributed by atoms with van der Waals surface area (Å²) in [5, 5.41) is 5.71. The molecule has 2 atom stereocenters. The largest absolute Gasteiger partial charge is 0.345 e. The van der Waals surface area contributed by atoms with Gasteiger partial charge in [-0.25, -0.2) is 4.98 Å². The minimum Gasteiger partial charge on any atom is -0.345 e. The van der Waals surface area contributed by atoms with Crippen molar-refractivity contribution in [2.45, 2.75) is 25.0 Å². The molecule has 1 saturated heterocycles. The number of carbonyl (C=O) groups is 3. The number of nitrogens with one attached hydrogen (secondary N) is 2. The molecule has 2 unspecified atom stereocenters. The van der Waals surface area contributed by atoms with E-state index in [1.54, 1.807) is 12.1 Å². The van der Waals surface area contributed by atoms with Gasteiger partial charge in [0.15, 0.2) is 0 Å². The normalized spacial score (nSPS) is 19.4. The lowest BCUT2D eigenvalue weighted by molar-refractivity contribution is -0.120. The summed E-state index contributed by atoms with van der Waals surface area (Å²) in [7, 11) is 0. The zero-order chi connectivity index (χ0) is 22.9. The van der Waals surface area contributed by atoms with Gasteiger partial charge in [-0.05, 0) is 41.3 Å². The standard InChI is InChI=1S/C24H22N6O3/c25-12-14-2-1-3-15(10-14)16-4-5-18-17(11-16)24(33)30-9-6-19(21(30)23(32)28-18)29-22(31)20-13-26-7-8-27-20/h1-5,7-8,10-11,13,19,21H,6,9,12,25H2,(H,28,32)(H,29,31). The average molecular weight is 442 g/mol. The van der Waals surface area contributed by atoms with Gasteiger partial charge >= 0.3 is 0 Å². The molecule has 33 heavy (non-hydrogen) atoms. The molecule has 3 heterocycles. The maximum atomic E-state index is 13.5. The third kappa shape index (κ3) is 3.83. The summed E-state index contributed by atoms with van der Waals surface area (Å²) in [6, 6.07) is 11.9. The Morgan fingerprint density at radius 1 is 1.15 bits per heavy atom. The average Bonchev–Trinajstić information content (AvgIpc) is 3.23. The van der Waals surface area contributed by atoms with Crippen molar-refractivity contribution >= 4 is 23.4 Å². The summed E-state index contributed by atoms with van der Waals surface area (Å²) in [5.74, 6) is -1.01. The van der Waals surface area contributed by atoms with Crippen molar-refractivity contribution in [3.8, 4) is 11.1 Å². The van der Waals surface area contributed by atoms with Crippen LogP contribution in [0.5, 0.6) is 0 Å². The maximum absolute atomic E-state index is 13.5. The highest BCUT2D eigenvalue weighted by Crippen LogP contribution is 2.32. The third-order valence-electron chi connectivity index (χ3n) is 6.04. The van der Waals surface area contributed by atoms with Crippen LogP contribution in [0.3, 0.4) is 0 Å². The highest BCUT2D eigenvalue weighted by atomic mass is 16.2. The summed E-state index contributed by atoms with van der Waals surface area (Å²) in [5.41, 5.74) is 9.58. The second kappa shape index (κ2) is 8.44. The maximum Gasteiger partial charge on any atom is 0.271 e. The third-order valence-corrected chi connectivity index (χ3v) is 6.04. The van der Waals surface area contributed by atoms with E-state index in [2.05, 4.69) is 20.6 Å². The lowest BCUT2D eigenvalue weighted by atomic mass is 9.99. The van der Waals surface area contributed by atoms with E-state index in [1.165, 1.54) is 23.5 Å². The molecule has 166 valence electrons. The molecule has 0 aliphatic carbocycles. The van der Waals surface area contributed by atoms with Gasteiger partial charge in [-0.3, -0.25) is 19.4 Å². The number of nitrogens with zero attached hydrogens (tertiary/aromatic N) is 3. The van der Waals surface area contributed by atoms with E-state index in [1.807, 2.05) is 30.3 Å². The lowest BCUT2D eigenvalue weighted by Gasteiger charge is -2.24. The fourth-order valence-electron chi connectivity index (χ4n) is 4.40. The molecule has 5 rings (SSSR count). The topological polar surface area (TPSA) is 130 Å². The lowest BCUT2D eigenvalue weighted by Crippen LogP contribution is -2.51. The van der Waals surface area contributed by atoms with E-state index >= 15 is 0 Å².